The highest BCUT2D eigenvalue weighted by atomic mass is 35.5. The lowest BCUT2D eigenvalue weighted by Crippen LogP contribution is -2.06. The number of hydrogen-bond acceptors (Lipinski definition) is 4. The van der Waals surface area contributed by atoms with Crippen LogP contribution in [0.4, 0.5) is 0 Å². The zero-order valence-electron chi connectivity index (χ0n) is 12.7. The molecule has 0 radical (unpaired) electrons. The largest absolute Gasteiger partial charge is 0.490 e. The molecule has 24 heavy (non-hydrogen) atoms. The molecule has 2 aromatic heterocycles. The minimum absolute atomic E-state index is 0. The number of halogens is 2. The minimum Gasteiger partial charge on any atom is -0.490 e. The first-order chi connectivity index (χ1) is 11.3. The highest BCUT2D eigenvalue weighted by Gasteiger charge is 2.05. The number of nitrogens with zero attached hydrogens (tertiary/aromatic N) is 2. The third kappa shape index (κ3) is 5.30. The Balaban J connectivity index is 0.00000208. The summed E-state index contributed by atoms with van der Waals surface area (Å²) in [5.41, 5.74) is 0. The van der Waals surface area contributed by atoms with Crippen LogP contribution in [-0.4, -0.2) is 22.8 Å². The van der Waals surface area contributed by atoms with E-state index in [9.17, 15) is 0 Å². The Morgan fingerprint density at radius 1 is 1.21 bits per heavy atom. The second-order valence-electron chi connectivity index (χ2n) is 4.63. The van der Waals surface area contributed by atoms with Crippen molar-refractivity contribution in [3.05, 3.63) is 70.4 Å². The lowest BCUT2D eigenvalue weighted by atomic mass is 10.3. The van der Waals surface area contributed by atoms with Crippen LogP contribution in [0, 0.1) is 0 Å². The number of imidazole rings is 1. The van der Waals surface area contributed by atoms with Gasteiger partial charge in [-0.15, -0.1) is 23.7 Å². The number of rotatable bonds is 7. The van der Waals surface area contributed by atoms with Crippen LogP contribution < -0.4 is 4.74 Å². The van der Waals surface area contributed by atoms with Gasteiger partial charge >= 0.3 is 0 Å². The van der Waals surface area contributed by atoms with Gasteiger partial charge in [-0.2, -0.15) is 0 Å². The van der Waals surface area contributed by atoms with E-state index in [0.717, 1.165) is 16.4 Å². The number of thiophene rings is 1. The number of benzene rings is 1. The van der Waals surface area contributed by atoms with E-state index in [1.165, 1.54) is 0 Å². The van der Waals surface area contributed by atoms with E-state index in [2.05, 4.69) is 4.98 Å². The fourth-order valence-corrected chi connectivity index (χ4v) is 2.73. The molecule has 1 aromatic carbocycles. The quantitative estimate of drug-likeness (QED) is 0.422. The second kappa shape index (κ2) is 9.37. The van der Waals surface area contributed by atoms with Crippen LogP contribution in [-0.2, 0) is 4.74 Å². The van der Waals surface area contributed by atoms with Crippen molar-refractivity contribution in [3.63, 3.8) is 0 Å². The van der Waals surface area contributed by atoms with Gasteiger partial charge in [-0.1, -0.05) is 17.7 Å². The zero-order valence-corrected chi connectivity index (χ0v) is 15.1. The molecule has 0 N–H and O–H groups in total. The van der Waals surface area contributed by atoms with Crippen LogP contribution in [0.5, 0.6) is 5.75 Å². The highest BCUT2D eigenvalue weighted by molar-refractivity contribution is 7.11. The topological polar surface area (TPSA) is 36.3 Å². The summed E-state index contributed by atoms with van der Waals surface area (Å²) in [7, 11) is 0. The molecule has 0 aliphatic rings. The average molecular weight is 383 g/mol. The van der Waals surface area contributed by atoms with Crippen LogP contribution in [0.25, 0.3) is 12.0 Å². The molecule has 3 aromatic rings. The molecule has 4 nitrogen and oxygen atoms in total. The van der Waals surface area contributed by atoms with Gasteiger partial charge in [-0.3, -0.25) is 0 Å². The molecule has 3 rings (SSSR count). The van der Waals surface area contributed by atoms with Crippen LogP contribution in [0.15, 0.2) is 60.5 Å². The molecule has 0 spiro atoms. The van der Waals surface area contributed by atoms with Crippen molar-refractivity contribution in [2.75, 3.05) is 13.2 Å². The molecule has 0 aliphatic carbocycles. The summed E-state index contributed by atoms with van der Waals surface area (Å²) < 4.78 is 13.4. The summed E-state index contributed by atoms with van der Waals surface area (Å²) in [4.78, 5) is 5.09. The van der Waals surface area contributed by atoms with Crippen molar-refractivity contribution < 1.29 is 9.47 Å². The number of aromatic nitrogens is 2. The molecule has 0 saturated heterocycles. The molecule has 0 bridgehead atoms. The average Bonchev–Trinajstić information content (AvgIpc) is 3.25. The van der Waals surface area contributed by atoms with Crippen molar-refractivity contribution in [2.45, 2.75) is 0 Å². The molecular formula is C17H16Cl2N2O2S. The Morgan fingerprint density at radius 3 is 2.71 bits per heavy atom. The maximum absolute atomic E-state index is 5.88. The van der Waals surface area contributed by atoms with Crippen molar-refractivity contribution in [1.82, 2.24) is 9.55 Å². The third-order valence-electron chi connectivity index (χ3n) is 2.98. The predicted octanol–water partition coefficient (Wildman–Crippen LogP) is 5.07. The van der Waals surface area contributed by atoms with E-state index in [1.54, 1.807) is 36.0 Å². The highest BCUT2D eigenvalue weighted by Crippen LogP contribution is 2.22. The standard InChI is InChI=1S/C17H15ClN2O2S.ClH/c18-14-3-5-15(6-4-14)21-9-10-22-16(17-2-1-11-23-17)12-20-8-7-19-13-20;/h1-8,11-13H,9-10H2;1H. The molecule has 0 amide bonds. The molecule has 126 valence electrons. The lowest BCUT2D eigenvalue weighted by Gasteiger charge is -2.11. The second-order valence-corrected chi connectivity index (χ2v) is 6.02. The van der Waals surface area contributed by atoms with Crippen molar-refractivity contribution in [1.29, 1.82) is 0 Å². The van der Waals surface area contributed by atoms with Crippen LogP contribution in [0.2, 0.25) is 5.02 Å². The minimum atomic E-state index is 0. The predicted molar refractivity (Wildman–Crippen MR) is 101 cm³/mol. The monoisotopic (exact) mass is 382 g/mol. The normalized spacial score (nSPS) is 11.0. The fourth-order valence-electron chi connectivity index (χ4n) is 1.91. The maximum atomic E-state index is 5.88. The molecule has 0 fully saturated rings. The van der Waals surface area contributed by atoms with E-state index >= 15 is 0 Å². The van der Waals surface area contributed by atoms with Gasteiger partial charge in [0.1, 0.15) is 19.0 Å². The lowest BCUT2D eigenvalue weighted by molar-refractivity contribution is 0.196. The van der Waals surface area contributed by atoms with Gasteiger partial charge in [-0.25, -0.2) is 4.98 Å². The van der Waals surface area contributed by atoms with Crippen LogP contribution >= 0.6 is 35.3 Å². The van der Waals surface area contributed by atoms with Crippen LogP contribution in [0.1, 0.15) is 4.88 Å². The van der Waals surface area contributed by atoms with Gasteiger partial charge < -0.3 is 14.0 Å². The molecule has 0 saturated carbocycles. The fraction of sp³-hybridized carbons (Fsp3) is 0.118. The summed E-state index contributed by atoms with van der Waals surface area (Å²) in [6, 6.07) is 11.3. The van der Waals surface area contributed by atoms with Gasteiger partial charge in [0.25, 0.3) is 0 Å². The SMILES string of the molecule is Cl.Clc1ccc(OCCOC(=Cn2ccnc2)c2cccs2)cc1. The van der Waals surface area contributed by atoms with E-state index in [-0.39, 0.29) is 12.4 Å². The van der Waals surface area contributed by atoms with Gasteiger partial charge in [0.15, 0.2) is 5.76 Å². The van der Waals surface area contributed by atoms with Gasteiger partial charge in [0.05, 0.1) is 17.4 Å². The Kier molecular flexibility index (Phi) is 7.18. The van der Waals surface area contributed by atoms with Crippen molar-refractivity contribution in [2.24, 2.45) is 0 Å². The summed E-state index contributed by atoms with van der Waals surface area (Å²) in [6.45, 7) is 0.898. The molecule has 0 atom stereocenters. The molecule has 2 heterocycles. The Labute approximate surface area is 155 Å². The summed E-state index contributed by atoms with van der Waals surface area (Å²) in [5.74, 6) is 1.56. The van der Waals surface area contributed by atoms with Crippen molar-refractivity contribution in [3.8, 4) is 5.75 Å². The molecular weight excluding hydrogens is 367 g/mol. The Morgan fingerprint density at radius 2 is 2.04 bits per heavy atom. The number of hydrogen-bond donors (Lipinski definition) is 0. The molecule has 7 heteroatoms. The molecule has 0 aliphatic heterocycles. The smallest absolute Gasteiger partial charge is 0.153 e. The number of ether oxygens (including phenoxy) is 2. The van der Waals surface area contributed by atoms with Crippen molar-refractivity contribution >= 4 is 47.3 Å². The van der Waals surface area contributed by atoms with Gasteiger partial charge in [0.2, 0.25) is 0 Å². The Hall–Kier alpha value is -1.95. The zero-order chi connectivity index (χ0) is 15.9. The Bertz CT molecular complexity index is 742. The summed E-state index contributed by atoms with van der Waals surface area (Å²) >= 11 is 7.47. The van der Waals surface area contributed by atoms with E-state index in [1.807, 2.05) is 46.6 Å². The first-order valence-electron chi connectivity index (χ1n) is 7.05. The first kappa shape index (κ1) is 18.4. The third-order valence-corrected chi connectivity index (χ3v) is 4.11. The first-order valence-corrected chi connectivity index (χ1v) is 8.31. The summed E-state index contributed by atoms with van der Waals surface area (Å²) in [5, 5.41) is 2.71. The molecule has 0 unspecified atom stereocenters. The van der Waals surface area contributed by atoms with E-state index in [0.29, 0.717) is 18.2 Å². The summed E-state index contributed by atoms with van der Waals surface area (Å²) in [6.07, 6.45) is 7.22. The van der Waals surface area contributed by atoms with Crippen LogP contribution in [0.3, 0.4) is 0 Å². The van der Waals surface area contributed by atoms with E-state index in [4.69, 9.17) is 21.1 Å². The van der Waals surface area contributed by atoms with Gasteiger partial charge in [-0.05, 0) is 35.7 Å². The van der Waals surface area contributed by atoms with Gasteiger partial charge in [0, 0.05) is 17.4 Å². The van der Waals surface area contributed by atoms with E-state index < -0.39 is 0 Å². The maximum Gasteiger partial charge on any atom is 0.153 e.